The second-order valence-electron chi connectivity index (χ2n) is 9.15. The number of aromatic nitrogens is 1. The van der Waals surface area contributed by atoms with Gasteiger partial charge in [0.15, 0.2) is 0 Å². The molecule has 206 valence electrons. The van der Waals surface area contributed by atoms with Crippen molar-refractivity contribution in [3.05, 3.63) is 16.1 Å². The number of hydrogen-bond donors (Lipinski definition) is 2. The summed E-state index contributed by atoms with van der Waals surface area (Å²) in [4.78, 5) is 27.7. The monoisotopic (exact) mass is 549 g/mol. The maximum Gasteiger partial charge on any atom is 0.490 e. The van der Waals surface area contributed by atoms with Crippen molar-refractivity contribution >= 4 is 23.3 Å². The van der Waals surface area contributed by atoms with Gasteiger partial charge in [-0.05, 0) is 38.6 Å². The number of likely N-dealkylation sites (tertiary alicyclic amines) is 2. The fraction of sp³-hybridized carbons (Fsp3) is 0.762. The molecule has 0 aliphatic carbocycles. The van der Waals surface area contributed by atoms with E-state index in [0.29, 0.717) is 5.41 Å². The average Bonchev–Trinajstić information content (AvgIpc) is 3.34. The van der Waals surface area contributed by atoms with Crippen LogP contribution in [0.2, 0.25) is 0 Å². The van der Waals surface area contributed by atoms with Crippen LogP contribution in [-0.2, 0) is 20.9 Å². The summed E-state index contributed by atoms with van der Waals surface area (Å²) in [5.74, 6) is -4.64. The number of carbonyl (C=O) groups is 2. The highest BCUT2D eigenvalue weighted by atomic mass is 32.1. The number of hydrogen-bond acceptors (Lipinski definition) is 7. The Hall–Kier alpha value is -1.97. The van der Waals surface area contributed by atoms with Crippen molar-refractivity contribution in [2.75, 3.05) is 45.9 Å². The Labute approximate surface area is 207 Å². The van der Waals surface area contributed by atoms with Crippen LogP contribution in [0, 0.1) is 18.3 Å². The quantitative estimate of drug-likeness (QED) is 0.549. The molecule has 0 amide bonds. The topological polar surface area (TPSA) is 103 Å². The SMILES string of the molecule is Cc1nc(CN2CCC3(C2)CN(CC2CCOCC2)C3)cs1.O=C(O)C(F)(F)F.O=C(O)C(F)(F)F. The Morgan fingerprint density at radius 2 is 1.56 bits per heavy atom. The average molecular weight is 550 g/mol. The van der Waals surface area contributed by atoms with Gasteiger partial charge in [0, 0.05) is 56.7 Å². The maximum atomic E-state index is 10.6. The molecule has 0 bridgehead atoms. The van der Waals surface area contributed by atoms with Crippen LogP contribution in [0.25, 0.3) is 0 Å². The molecule has 0 radical (unpaired) electrons. The fourth-order valence-corrected chi connectivity index (χ4v) is 5.06. The van der Waals surface area contributed by atoms with Crippen LogP contribution in [-0.4, -0.2) is 95.2 Å². The summed E-state index contributed by atoms with van der Waals surface area (Å²) in [6, 6.07) is 0. The Morgan fingerprint density at radius 1 is 1.06 bits per heavy atom. The van der Waals surface area contributed by atoms with E-state index in [4.69, 9.17) is 24.5 Å². The standard InChI is InChI=1S/C17H27N3OS.2C2HF3O2/c1-14-18-16(10-22-14)9-19-5-4-17(11-19)12-20(13-17)8-15-2-6-21-7-3-15;2*3-2(4,5)1(6)7/h10,15H,2-9,11-13H2,1H3;2*(H,6,7). The molecule has 3 aliphatic heterocycles. The largest absolute Gasteiger partial charge is 0.490 e. The summed E-state index contributed by atoms with van der Waals surface area (Å²) in [5.41, 5.74) is 1.86. The summed E-state index contributed by atoms with van der Waals surface area (Å²) in [6.45, 7) is 11.6. The summed E-state index contributed by atoms with van der Waals surface area (Å²) in [6.07, 6.45) is -6.27. The molecule has 0 unspecified atom stereocenters. The third kappa shape index (κ3) is 9.82. The number of alkyl halides is 6. The molecule has 1 spiro atoms. The van der Waals surface area contributed by atoms with Crippen LogP contribution in [0.15, 0.2) is 5.38 Å². The lowest BCUT2D eigenvalue weighted by Gasteiger charge is -2.49. The van der Waals surface area contributed by atoms with Gasteiger partial charge in [-0.3, -0.25) is 4.90 Å². The summed E-state index contributed by atoms with van der Waals surface area (Å²) < 4.78 is 68.9. The van der Waals surface area contributed by atoms with Gasteiger partial charge in [0.25, 0.3) is 0 Å². The first-order chi connectivity index (χ1) is 16.6. The zero-order valence-electron chi connectivity index (χ0n) is 19.6. The lowest BCUT2D eigenvalue weighted by molar-refractivity contribution is -0.193. The Morgan fingerprint density at radius 3 is 2.00 bits per heavy atom. The van der Waals surface area contributed by atoms with Gasteiger partial charge in [-0.15, -0.1) is 11.3 Å². The van der Waals surface area contributed by atoms with E-state index in [1.54, 1.807) is 11.3 Å². The Balaban J connectivity index is 0.000000271. The molecule has 0 atom stereocenters. The molecule has 15 heteroatoms. The number of thiazole rings is 1. The lowest BCUT2D eigenvalue weighted by atomic mass is 9.78. The van der Waals surface area contributed by atoms with E-state index in [1.165, 1.54) is 62.7 Å². The molecule has 0 aromatic carbocycles. The van der Waals surface area contributed by atoms with Gasteiger partial charge in [0.05, 0.1) is 10.7 Å². The van der Waals surface area contributed by atoms with Crippen molar-refractivity contribution in [3.8, 4) is 0 Å². The van der Waals surface area contributed by atoms with Gasteiger partial charge in [0.1, 0.15) is 0 Å². The first kappa shape index (κ1) is 30.3. The van der Waals surface area contributed by atoms with Crippen LogP contribution in [0.5, 0.6) is 0 Å². The molecule has 4 heterocycles. The molecule has 36 heavy (non-hydrogen) atoms. The molecule has 3 fully saturated rings. The number of carboxylic acid groups (broad SMARTS) is 2. The lowest BCUT2D eigenvalue weighted by Crippen LogP contribution is -2.58. The molecule has 1 aromatic heterocycles. The minimum atomic E-state index is -5.08. The number of carboxylic acids is 2. The highest BCUT2D eigenvalue weighted by molar-refractivity contribution is 7.09. The molecule has 3 saturated heterocycles. The van der Waals surface area contributed by atoms with E-state index in [2.05, 4.69) is 27.1 Å². The van der Waals surface area contributed by atoms with E-state index < -0.39 is 24.3 Å². The molecular weight excluding hydrogens is 520 g/mol. The molecule has 8 nitrogen and oxygen atoms in total. The molecule has 3 aliphatic rings. The second-order valence-corrected chi connectivity index (χ2v) is 10.2. The number of aryl methyl sites for hydroxylation is 1. The van der Waals surface area contributed by atoms with Gasteiger partial charge in [0.2, 0.25) is 0 Å². The minimum absolute atomic E-state index is 0.593. The molecule has 4 rings (SSSR count). The highest BCUT2D eigenvalue weighted by Crippen LogP contribution is 2.40. The van der Waals surface area contributed by atoms with Crippen LogP contribution in [0.1, 0.15) is 30.0 Å². The van der Waals surface area contributed by atoms with Gasteiger partial charge in [-0.2, -0.15) is 26.3 Å². The fourth-order valence-electron chi connectivity index (χ4n) is 4.46. The Bertz CT molecular complexity index is 843. The van der Waals surface area contributed by atoms with Crippen LogP contribution < -0.4 is 0 Å². The van der Waals surface area contributed by atoms with E-state index in [9.17, 15) is 26.3 Å². The van der Waals surface area contributed by atoms with Crippen LogP contribution in [0.4, 0.5) is 26.3 Å². The van der Waals surface area contributed by atoms with Crippen LogP contribution >= 0.6 is 11.3 Å². The number of halogens is 6. The number of rotatable bonds is 4. The first-order valence-electron chi connectivity index (χ1n) is 11.1. The molecular formula is C21H29F6N3O5S. The normalized spacial score (nSPS) is 20.6. The molecule has 2 N–H and O–H groups in total. The minimum Gasteiger partial charge on any atom is -0.475 e. The zero-order valence-corrected chi connectivity index (χ0v) is 20.4. The predicted octanol–water partition coefficient (Wildman–Crippen LogP) is 3.65. The Kier molecular flexibility index (Phi) is 10.5. The maximum absolute atomic E-state index is 10.6. The smallest absolute Gasteiger partial charge is 0.475 e. The number of nitrogens with zero attached hydrogens (tertiary/aromatic N) is 3. The van der Waals surface area contributed by atoms with Crippen molar-refractivity contribution in [2.24, 2.45) is 11.3 Å². The van der Waals surface area contributed by atoms with E-state index in [-0.39, 0.29) is 0 Å². The van der Waals surface area contributed by atoms with Gasteiger partial charge in [-0.25, -0.2) is 14.6 Å². The highest BCUT2D eigenvalue weighted by Gasteiger charge is 2.47. The van der Waals surface area contributed by atoms with Gasteiger partial charge in [-0.1, -0.05) is 0 Å². The van der Waals surface area contributed by atoms with Crippen molar-refractivity contribution in [3.63, 3.8) is 0 Å². The predicted molar refractivity (Wildman–Crippen MR) is 117 cm³/mol. The van der Waals surface area contributed by atoms with Crippen molar-refractivity contribution < 1.29 is 50.9 Å². The first-order valence-corrected chi connectivity index (χ1v) is 12.0. The second kappa shape index (κ2) is 12.5. The van der Waals surface area contributed by atoms with Crippen molar-refractivity contribution in [2.45, 2.75) is 45.1 Å². The zero-order chi connectivity index (χ0) is 27.1. The third-order valence-electron chi connectivity index (χ3n) is 6.03. The van der Waals surface area contributed by atoms with Gasteiger partial charge < -0.3 is 19.8 Å². The summed E-state index contributed by atoms with van der Waals surface area (Å²) in [5, 5.41) is 17.7. The molecule has 1 aromatic rings. The summed E-state index contributed by atoms with van der Waals surface area (Å²) in [7, 11) is 0. The molecule has 0 saturated carbocycles. The van der Waals surface area contributed by atoms with Gasteiger partial charge >= 0.3 is 24.3 Å². The van der Waals surface area contributed by atoms with E-state index in [1.807, 2.05) is 0 Å². The number of ether oxygens (including phenoxy) is 1. The van der Waals surface area contributed by atoms with E-state index in [0.717, 1.165) is 25.7 Å². The summed E-state index contributed by atoms with van der Waals surface area (Å²) >= 11 is 1.77. The number of aliphatic carboxylic acids is 2. The van der Waals surface area contributed by atoms with Crippen LogP contribution in [0.3, 0.4) is 0 Å². The third-order valence-corrected chi connectivity index (χ3v) is 6.85. The van der Waals surface area contributed by atoms with Crippen molar-refractivity contribution in [1.82, 2.24) is 14.8 Å². The van der Waals surface area contributed by atoms with Crippen molar-refractivity contribution in [1.29, 1.82) is 0 Å². The van der Waals surface area contributed by atoms with E-state index >= 15 is 0 Å².